The number of Topliss-reactive ketones (excluding diaryl/α,β-unsaturated/α-hetero) is 1. The first kappa shape index (κ1) is 11.9. The lowest BCUT2D eigenvalue weighted by atomic mass is 10.2. The molecule has 2 aromatic rings. The quantitative estimate of drug-likeness (QED) is 0.618. The van der Waals surface area contributed by atoms with Gasteiger partial charge in [-0.15, -0.1) is 11.6 Å². The number of alkyl halides is 1. The summed E-state index contributed by atoms with van der Waals surface area (Å²) in [5.74, 6) is -0.0351. The van der Waals surface area contributed by atoms with Crippen molar-refractivity contribution in [2.24, 2.45) is 0 Å². The second kappa shape index (κ2) is 4.72. The fourth-order valence-corrected chi connectivity index (χ4v) is 2.14. The Morgan fingerprint density at radius 2 is 2.24 bits per heavy atom. The Morgan fingerprint density at radius 3 is 2.82 bits per heavy atom. The van der Waals surface area contributed by atoms with E-state index in [1.165, 1.54) is 0 Å². The Morgan fingerprint density at radius 1 is 1.47 bits per heavy atom. The molecule has 0 bridgehead atoms. The molecule has 0 saturated heterocycles. The molecule has 2 aromatic heterocycles. The smallest absolute Gasteiger partial charge is 0.179 e. The number of rotatable bonds is 3. The van der Waals surface area contributed by atoms with Crippen LogP contribution in [-0.2, 0) is 0 Å². The Labute approximate surface area is 105 Å². The summed E-state index contributed by atoms with van der Waals surface area (Å²) in [6.07, 6.45) is 3.50. The normalized spacial score (nSPS) is 10.5. The molecule has 0 N–H and O–H groups in total. The van der Waals surface area contributed by atoms with Crippen LogP contribution in [0.5, 0.6) is 0 Å². The highest BCUT2D eigenvalue weighted by atomic mass is 35.5. The van der Waals surface area contributed by atoms with E-state index in [1.807, 2.05) is 36.6 Å². The van der Waals surface area contributed by atoms with Crippen LogP contribution in [-0.4, -0.2) is 21.2 Å². The molecule has 0 aliphatic carbocycles. The van der Waals surface area contributed by atoms with Crippen molar-refractivity contribution in [3.63, 3.8) is 0 Å². The van der Waals surface area contributed by atoms with E-state index in [0.29, 0.717) is 5.56 Å². The summed E-state index contributed by atoms with van der Waals surface area (Å²) in [6.45, 7) is 3.88. The highest BCUT2D eigenvalue weighted by molar-refractivity contribution is 6.30. The summed E-state index contributed by atoms with van der Waals surface area (Å²) in [7, 11) is 0. The summed E-state index contributed by atoms with van der Waals surface area (Å²) in [4.78, 5) is 15.8. The summed E-state index contributed by atoms with van der Waals surface area (Å²) < 4.78 is 2.01. The monoisotopic (exact) mass is 248 g/mol. The molecule has 0 saturated carbocycles. The largest absolute Gasteiger partial charge is 0.316 e. The molecule has 0 aliphatic heterocycles. The van der Waals surface area contributed by atoms with Crippen LogP contribution in [0.3, 0.4) is 0 Å². The van der Waals surface area contributed by atoms with Gasteiger partial charge >= 0.3 is 0 Å². The van der Waals surface area contributed by atoms with Gasteiger partial charge in [-0.25, -0.2) is 0 Å². The molecule has 0 fully saturated rings. The van der Waals surface area contributed by atoms with E-state index in [4.69, 9.17) is 11.6 Å². The molecule has 2 heterocycles. The average Bonchev–Trinajstić information content (AvgIpc) is 2.65. The van der Waals surface area contributed by atoms with Crippen LogP contribution in [0.15, 0.2) is 30.6 Å². The van der Waals surface area contributed by atoms with Gasteiger partial charge in [-0.05, 0) is 32.0 Å². The Kier molecular flexibility index (Phi) is 3.29. The van der Waals surface area contributed by atoms with Crippen LogP contribution < -0.4 is 0 Å². The Balaban J connectivity index is 2.57. The zero-order chi connectivity index (χ0) is 12.4. The Bertz CT molecular complexity index is 546. The fraction of sp³-hybridized carbons (Fsp3) is 0.231. The van der Waals surface area contributed by atoms with E-state index in [-0.39, 0.29) is 11.7 Å². The number of ketones is 1. The van der Waals surface area contributed by atoms with Crippen molar-refractivity contribution in [1.82, 2.24) is 9.55 Å². The van der Waals surface area contributed by atoms with Crippen molar-refractivity contribution >= 4 is 17.4 Å². The van der Waals surface area contributed by atoms with E-state index in [0.717, 1.165) is 17.1 Å². The molecule has 4 heteroatoms. The number of aromatic nitrogens is 2. The molecular weight excluding hydrogens is 236 g/mol. The van der Waals surface area contributed by atoms with Crippen LogP contribution in [0.4, 0.5) is 0 Å². The third kappa shape index (κ3) is 2.11. The third-order valence-electron chi connectivity index (χ3n) is 2.76. The first-order valence-corrected chi connectivity index (χ1v) is 5.87. The van der Waals surface area contributed by atoms with E-state index in [9.17, 15) is 4.79 Å². The summed E-state index contributed by atoms with van der Waals surface area (Å²) in [5.41, 5.74) is 3.54. The lowest BCUT2D eigenvalue weighted by Gasteiger charge is -2.08. The zero-order valence-corrected chi connectivity index (χ0v) is 10.5. The predicted molar refractivity (Wildman–Crippen MR) is 68.1 cm³/mol. The van der Waals surface area contributed by atoms with Gasteiger partial charge in [0, 0.05) is 23.1 Å². The minimum atomic E-state index is -0.0464. The van der Waals surface area contributed by atoms with Crippen LogP contribution >= 0.6 is 11.6 Å². The van der Waals surface area contributed by atoms with Crippen molar-refractivity contribution in [3.8, 4) is 5.69 Å². The number of hydrogen-bond acceptors (Lipinski definition) is 2. The second-order valence-corrected chi connectivity index (χ2v) is 4.16. The number of halogens is 1. The standard InChI is InChI=1S/C13H13ClN2O/c1-9-6-12(13(17)7-14)10(2)16(9)11-4-3-5-15-8-11/h3-6,8H,7H2,1-2H3. The van der Waals surface area contributed by atoms with Crippen molar-refractivity contribution in [2.45, 2.75) is 13.8 Å². The van der Waals surface area contributed by atoms with Gasteiger partial charge in [-0.1, -0.05) is 0 Å². The summed E-state index contributed by atoms with van der Waals surface area (Å²) in [5, 5.41) is 0. The topological polar surface area (TPSA) is 34.9 Å². The van der Waals surface area contributed by atoms with Gasteiger partial charge in [-0.2, -0.15) is 0 Å². The maximum Gasteiger partial charge on any atom is 0.179 e. The van der Waals surface area contributed by atoms with E-state index >= 15 is 0 Å². The first-order chi connectivity index (χ1) is 8.15. The average molecular weight is 249 g/mol. The van der Waals surface area contributed by atoms with Crippen LogP contribution in [0.1, 0.15) is 21.7 Å². The van der Waals surface area contributed by atoms with Gasteiger partial charge in [-0.3, -0.25) is 9.78 Å². The van der Waals surface area contributed by atoms with Gasteiger partial charge in [0.15, 0.2) is 5.78 Å². The fourth-order valence-electron chi connectivity index (χ4n) is 2.00. The number of hydrogen-bond donors (Lipinski definition) is 0. The van der Waals surface area contributed by atoms with E-state index in [1.54, 1.807) is 12.4 Å². The van der Waals surface area contributed by atoms with Crippen LogP contribution in [0.25, 0.3) is 5.69 Å². The molecule has 0 atom stereocenters. The van der Waals surface area contributed by atoms with E-state index < -0.39 is 0 Å². The molecule has 17 heavy (non-hydrogen) atoms. The number of nitrogens with zero attached hydrogens (tertiary/aromatic N) is 2. The lowest BCUT2D eigenvalue weighted by molar-refractivity contribution is 0.102. The van der Waals surface area contributed by atoms with Gasteiger partial charge in [0.2, 0.25) is 0 Å². The molecule has 3 nitrogen and oxygen atoms in total. The van der Waals surface area contributed by atoms with Gasteiger partial charge in [0.25, 0.3) is 0 Å². The molecule has 0 spiro atoms. The molecule has 0 aliphatic rings. The number of carbonyl (C=O) groups excluding carboxylic acids is 1. The van der Waals surface area contributed by atoms with Crippen molar-refractivity contribution in [3.05, 3.63) is 47.5 Å². The predicted octanol–water partition coefficient (Wildman–Crippen LogP) is 2.91. The van der Waals surface area contributed by atoms with Crippen molar-refractivity contribution in [1.29, 1.82) is 0 Å². The molecule has 88 valence electrons. The molecule has 0 aromatic carbocycles. The van der Waals surface area contributed by atoms with Crippen LogP contribution in [0, 0.1) is 13.8 Å². The molecule has 0 amide bonds. The van der Waals surface area contributed by atoms with Crippen molar-refractivity contribution < 1.29 is 4.79 Å². The van der Waals surface area contributed by atoms with E-state index in [2.05, 4.69) is 4.98 Å². The molecule has 2 rings (SSSR count). The van der Waals surface area contributed by atoms with Crippen LogP contribution in [0.2, 0.25) is 0 Å². The SMILES string of the molecule is Cc1cc(C(=O)CCl)c(C)n1-c1cccnc1. The first-order valence-electron chi connectivity index (χ1n) is 5.33. The van der Waals surface area contributed by atoms with Gasteiger partial charge in [0.1, 0.15) is 0 Å². The maximum absolute atomic E-state index is 11.7. The lowest BCUT2D eigenvalue weighted by Crippen LogP contribution is -2.04. The molecule has 0 unspecified atom stereocenters. The number of aryl methyl sites for hydroxylation is 1. The van der Waals surface area contributed by atoms with Gasteiger partial charge in [0.05, 0.1) is 17.8 Å². The second-order valence-electron chi connectivity index (χ2n) is 3.89. The Hall–Kier alpha value is -1.61. The zero-order valence-electron chi connectivity index (χ0n) is 9.77. The molecular formula is C13H13ClN2O. The highest BCUT2D eigenvalue weighted by Crippen LogP contribution is 2.20. The number of pyridine rings is 1. The minimum Gasteiger partial charge on any atom is -0.316 e. The third-order valence-corrected chi connectivity index (χ3v) is 3.00. The number of carbonyl (C=O) groups is 1. The molecule has 0 radical (unpaired) electrons. The van der Waals surface area contributed by atoms with Crippen molar-refractivity contribution in [2.75, 3.05) is 5.88 Å². The summed E-state index contributed by atoms with van der Waals surface area (Å²) >= 11 is 5.59. The maximum atomic E-state index is 11.7. The minimum absolute atomic E-state index is 0.0112. The highest BCUT2D eigenvalue weighted by Gasteiger charge is 2.15. The summed E-state index contributed by atoms with van der Waals surface area (Å²) in [6, 6.07) is 5.70. The van der Waals surface area contributed by atoms with Gasteiger partial charge < -0.3 is 4.57 Å².